The van der Waals surface area contributed by atoms with E-state index in [9.17, 15) is 9.90 Å². The molecule has 0 aliphatic heterocycles. The number of carboxylic acid groups (broad SMARTS) is 1. The van der Waals surface area contributed by atoms with E-state index in [2.05, 4.69) is 27.7 Å². The zero-order chi connectivity index (χ0) is 22.5. The van der Waals surface area contributed by atoms with Crippen LogP contribution in [0.15, 0.2) is 0 Å². The lowest BCUT2D eigenvalue weighted by Gasteiger charge is -2.30. The summed E-state index contributed by atoms with van der Waals surface area (Å²) in [5, 5.41) is 10.0. The quantitative estimate of drug-likeness (QED) is 0.166. The average Bonchev–Trinajstić information content (AvgIpc) is 2.70. The van der Waals surface area contributed by atoms with Crippen LogP contribution in [0.25, 0.3) is 0 Å². The fourth-order valence-corrected chi connectivity index (χ4v) is 4.73. The third-order valence-corrected chi connectivity index (χ3v) is 6.91. The summed E-state index contributed by atoms with van der Waals surface area (Å²) in [6, 6.07) is 0. The molecular weight excluding hydrogens is 368 g/mol. The smallest absolute Gasteiger partial charge is 0.309 e. The van der Waals surface area contributed by atoms with Gasteiger partial charge in [-0.25, -0.2) is 0 Å². The summed E-state index contributed by atoms with van der Waals surface area (Å²) in [7, 11) is 0. The first-order valence-electron chi connectivity index (χ1n) is 13.7. The summed E-state index contributed by atoms with van der Waals surface area (Å²) < 4.78 is 0. The molecule has 0 atom stereocenters. The van der Waals surface area contributed by atoms with Crippen LogP contribution in [-0.2, 0) is 4.79 Å². The first-order valence-corrected chi connectivity index (χ1v) is 13.7. The molecule has 0 aliphatic rings. The van der Waals surface area contributed by atoms with Crippen LogP contribution in [0.1, 0.15) is 163 Å². The summed E-state index contributed by atoms with van der Waals surface area (Å²) in [6.45, 7) is 9.04. The maximum absolute atomic E-state index is 12.2. The highest BCUT2D eigenvalue weighted by Crippen LogP contribution is 2.37. The standard InChI is InChI=1S/C28H56O2/c1-5-7-19-23-28(27(29)30,24-20-8-6-2)25-21-17-15-13-11-9-10-12-14-16-18-22-26(3)4/h26H,5-25H2,1-4H3,(H,29,30). The van der Waals surface area contributed by atoms with Crippen molar-refractivity contribution in [2.24, 2.45) is 11.3 Å². The minimum Gasteiger partial charge on any atom is -0.481 e. The third kappa shape index (κ3) is 16.2. The Morgan fingerprint density at radius 1 is 0.600 bits per heavy atom. The molecule has 0 radical (unpaired) electrons. The van der Waals surface area contributed by atoms with E-state index in [1.54, 1.807) is 0 Å². The molecule has 0 spiro atoms. The van der Waals surface area contributed by atoms with Crippen LogP contribution in [-0.4, -0.2) is 11.1 Å². The highest BCUT2D eigenvalue weighted by Gasteiger charge is 2.36. The largest absolute Gasteiger partial charge is 0.481 e. The number of carbonyl (C=O) groups is 1. The predicted molar refractivity (Wildman–Crippen MR) is 133 cm³/mol. The molecule has 0 aromatic carbocycles. The molecule has 0 amide bonds. The van der Waals surface area contributed by atoms with Gasteiger partial charge in [-0.2, -0.15) is 0 Å². The molecule has 2 nitrogen and oxygen atoms in total. The average molecular weight is 425 g/mol. The fourth-order valence-electron chi connectivity index (χ4n) is 4.73. The van der Waals surface area contributed by atoms with Crippen LogP contribution in [0.5, 0.6) is 0 Å². The second kappa shape index (κ2) is 20.4. The summed E-state index contributed by atoms with van der Waals surface area (Å²) in [6.07, 6.45) is 25.6. The number of hydrogen-bond acceptors (Lipinski definition) is 1. The summed E-state index contributed by atoms with van der Waals surface area (Å²) in [5.74, 6) is 0.335. The molecule has 0 bridgehead atoms. The molecule has 0 rings (SSSR count). The van der Waals surface area contributed by atoms with Gasteiger partial charge in [0.2, 0.25) is 0 Å². The van der Waals surface area contributed by atoms with Gasteiger partial charge in [0, 0.05) is 0 Å². The van der Waals surface area contributed by atoms with Gasteiger partial charge < -0.3 is 5.11 Å². The van der Waals surface area contributed by atoms with Crippen molar-refractivity contribution in [3.05, 3.63) is 0 Å². The lowest BCUT2D eigenvalue weighted by molar-refractivity contribution is -0.150. The lowest BCUT2D eigenvalue weighted by atomic mass is 9.74. The van der Waals surface area contributed by atoms with Crippen LogP contribution < -0.4 is 0 Å². The van der Waals surface area contributed by atoms with E-state index in [0.717, 1.165) is 44.4 Å². The Bertz CT molecular complexity index is 365. The van der Waals surface area contributed by atoms with Gasteiger partial charge in [-0.05, 0) is 25.2 Å². The van der Waals surface area contributed by atoms with E-state index in [0.29, 0.717) is 0 Å². The van der Waals surface area contributed by atoms with Crippen molar-refractivity contribution >= 4 is 5.97 Å². The summed E-state index contributed by atoms with van der Waals surface area (Å²) in [4.78, 5) is 12.2. The van der Waals surface area contributed by atoms with Gasteiger partial charge in [-0.3, -0.25) is 4.79 Å². The van der Waals surface area contributed by atoms with Gasteiger partial charge >= 0.3 is 5.97 Å². The van der Waals surface area contributed by atoms with Crippen LogP contribution in [0.4, 0.5) is 0 Å². The topological polar surface area (TPSA) is 37.3 Å². The number of aliphatic carboxylic acids is 1. The maximum atomic E-state index is 12.2. The molecule has 180 valence electrons. The normalized spacial score (nSPS) is 12.0. The van der Waals surface area contributed by atoms with E-state index < -0.39 is 11.4 Å². The second-order valence-corrected chi connectivity index (χ2v) is 10.3. The summed E-state index contributed by atoms with van der Waals surface area (Å²) >= 11 is 0. The minimum atomic E-state index is -0.525. The zero-order valence-electron chi connectivity index (χ0n) is 21.3. The SMILES string of the molecule is CCCCCC(CCCCC)(CCCCCCCCCCCCCC(C)C)C(=O)O. The Hall–Kier alpha value is -0.530. The van der Waals surface area contributed by atoms with Crippen molar-refractivity contribution in [2.75, 3.05) is 0 Å². The molecule has 0 aromatic heterocycles. The van der Waals surface area contributed by atoms with Crippen LogP contribution >= 0.6 is 0 Å². The zero-order valence-corrected chi connectivity index (χ0v) is 21.3. The van der Waals surface area contributed by atoms with Crippen LogP contribution in [0.3, 0.4) is 0 Å². The molecule has 0 saturated carbocycles. The molecule has 0 unspecified atom stereocenters. The third-order valence-electron chi connectivity index (χ3n) is 6.91. The van der Waals surface area contributed by atoms with Gasteiger partial charge in [0.1, 0.15) is 0 Å². The highest BCUT2D eigenvalue weighted by atomic mass is 16.4. The van der Waals surface area contributed by atoms with E-state index in [1.807, 2.05) is 0 Å². The van der Waals surface area contributed by atoms with Gasteiger partial charge in [0.05, 0.1) is 5.41 Å². The molecule has 30 heavy (non-hydrogen) atoms. The van der Waals surface area contributed by atoms with Crippen molar-refractivity contribution < 1.29 is 9.90 Å². The maximum Gasteiger partial charge on any atom is 0.309 e. The Balaban J connectivity index is 3.92. The van der Waals surface area contributed by atoms with Crippen LogP contribution in [0, 0.1) is 11.3 Å². The molecule has 0 aliphatic carbocycles. The van der Waals surface area contributed by atoms with Gasteiger partial charge in [-0.1, -0.05) is 143 Å². The van der Waals surface area contributed by atoms with Crippen molar-refractivity contribution in [1.29, 1.82) is 0 Å². The molecular formula is C28H56O2. The highest BCUT2D eigenvalue weighted by molar-refractivity contribution is 5.74. The summed E-state index contributed by atoms with van der Waals surface area (Å²) in [5.41, 5.74) is -0.445. The fraction of sp³-hybridized carbons (Fsp3) is 0.964. The van der Waals surface area contributed by atoms with Crippen LogP contribution in [0.2, 0.25) is 0 Å². The van der Waals surface area contributed by atoms with Gasteiger partial charge in [0.25, 0.3) is 0 Å². The predicted octanol–water partition coefficient (Wildman–Crippen LogP) is 9.95. The molecule has 0 fully saturated rings. The van der Waals surface area contributed by atoms with Crippen molar-refractivity contribution in [1.82, 2.24) is 0 Å². The Kier molecular flexibility index (Phi) is 20.0. The van der Waals surface area contributed by atoms with E-state index in [1.165, 1.54) is 96.3 Å². The van der Waals surface area contributed by atoms with Crippen molar-refractivity contribution in [2.45, 2.75) is 163 Å². The number of carboxylic acids is 1. The Labute approximate surface area is 190 Å². The molecule has 2 heteroatoms. The number of hydrogen-bond donors (Lipinski definition) is 1. The van der Waals surface area contributed by atoms with Crippen molar-refractivity contribution in [3.8, 4) is 0 Å². The minimum absolute atomic E-state index is 0.445. The number of unbranched alkanes of at least 4 members (excludes halogenated alkanes) is 14. The molecule has 0 aromatic rings. The first kappa shape index (κ1) is 29.5. The van der Waals surface area contributed by atoms with Crippen molar-refractivity contribution in [3.63, 3.8) is 0 Å². The molecule has 0 heterocycles. The first-order chi connectivity index (χ1) is 14.5. The Morgan fingerprint density at radius 2 is 0.933 bits per heavy atom. The Morgan fingerprint density at radius 3 is 1.27 bits per heavy atom. The van der Waals surface area contributed by atoms with Gasteiger partial charge in [-0.15, -0.1) is 0 Å². The monoisotopic (exact) mass is 424 g/mol. The van der Waals surface area contributed by atoms with E-state index in [-0.39, 0.29) is 0 Å². The lowest BCUT2D eigenvalue weighted by Crippen LogP contribution is -2.31. The second-order valence-electron chi connectivity index (χ2n) is 10.3. The van der Waals surface area contributed by atoms with Gasteiger partial charge in [0.15, 0.2) is 0 Å². The molecule has 0 saturated heterocycles. The molecule has 1 N–H and O–H groups in total. The van der Waals surface area contributed by atoms with E-state index >= 15 is 0 Å². The number of rotatable bonds is 23. The van der Waals surface area contributed by atoms with E-state index in [4.69, 9.17) is 0 Å².